The monoisotopic (exact) mass is 281 g/mol. The molecule has 1 heterocycles. The second-order valence-electron chi connectivity index (χ2n) is 4.94. The smallest absolute Gasteiger partial charge is 0.238 e. The molecular formula is C14H20FN3O2. The van der Waals surface area contributed by atoms with E-state index < -0.39 is 0 Å². The topological polar surface area (TPSA) is 53.6 Å². The summed E-state index contributed by atoms with van der Waals surface area (Å²) in [5, 5.41) is 5.77. The van der Waals surface area contributed by atoms with E-state index in [1.165, 1.54) is 24.3 Å². The molecule has 1 unspecified atom stereocenters. The lowest BCUT2D eigenvalue weighted by Gasteiger charge is -2.30. The van der Waals surface area contributed by atoms with Crippen molar-refractivity contribution in [3.05, 3.63) is 30.1 Å². The molecule has 6 heteroatoms. The maximum Gasteiger partial charge on any atom is 0.238 e. The molecule has 1 aliphatic heterocycles. The lowest BCUT2D eigenvalue weighted by Crippen LogP contribution is -2.45. The van der Waals surface area contributed by atoms with Crippen LogP contribution in [0.3, 0.4) is 0 Å². The first-order chi connectivity index (χ1) is 9.63. The van der Waals surface area contributed by atoms with Gasteiger partial charge >= 0.3 is 0 Å². The third-order valence-electron chi connectivity index (χ3n) is 3.13. The zero-order valence-electron chi connectivity index (χ0n) is 11.6. The van der Waals surface area contributed by atoms with Gasteiger partial charge in [-0.3, -0.25) is 4.79 Å². The van der Waals surface area contributed by atoms with E-state index in [-0.39, 0.29) is 24.4 Å². The molecule has 1 fully saturated rings. The summed E-state index contributed by atoms with van der Waals surface area (Å²) in [6.07, 6.45) is 0.118. The van der Waals surface area contributed by atoms with Crippen molar-refractivity contribution < 1.29 is 13.9 Å². The molecule has 1 aromatic carbocycles. The van der Waals surface area contributed by atoms with Crippen LogP contribution in [0.5, 0.6) is 0 Å². The number of benzene rings is 1. The minimum atomic E-state index is -0.320. The summed E-state index contributed by atoms with van der Waals surface area (Å²) >= 11 is 0. The molecule has 0 saturated carbocycles. The third kappa shape index (κ3) is 4.88. The molecule has 1 saturated heterocycles. The summed E-state index contributed by atoms with van der Waals surface area (Å²) in [5.74, 6) is -0.472. The Morgan fingerprint density at radius 3 is 2.90 bits per heavy atom. The lowest BCUT2D eigenvalue weighted by atomic mass is 10.3. The number of nitrogens with zero attached hydrogens (tertiary/aromatic N) is 1. The molecule has 0 aliphatic carbocycles. The highest BCUT2D eigenvalue weighted by molar-refractivity contribution is 5.92. The number of hydrogen-bond donors (Lipinski definition) is 2. The van der Waals surface area contributed by atoms with Gasteiger partial charge in [-0.05, 0) is 31.3 Å². The van der Waals surface area contributed by atoms with Gasteiger partial charge in [-0.15, -0.1) is 0 Å². The van der Waals surface area contributed by atoms with Crippen LogP contribution in [-0.4, -0.2) is 56.7 Å². The Morgan fingerprint density at radius 2 is 2.20 bits per heavy atom. The summed E-state index contributed by atoms with van der Waals surface area (Å²) in [6, 6.07) is 5.70. The van der Waals surface area contributed by atoms with E-state index in [2.05, 4.69) is 22.6 Å². The van der Waals surface area contributed by atoms with Crippen LogP contribution >= 0.6 is 0 Å². The van der Waals surface area contributed by atoms with Crippen molar-refractivity contribution in [3.63, 3.8) is 0 Å². The van der Waals surface area contributed by atoms with Gasteiger partial charge in [0.05, 0.1) is 19.3 Å². The number of likely N-dealkylation sites (N-methyl/N-ethyl adjacent to an activating group) is 1. The van der Waals surface area contributed by atoms with E-state index >= 15 is 0 Å². The van der Waals surface area contributed by atoms with E-state index in [0.29, 0.717) is 12.2 Å². The Bertz CT molecular complexity index is 439. The standard InChI is InChI=1S/C14H20FN3O2/c1-18-6-7-20-13(10-18)8-16-9-14(19)17-12-4-2-11(15)3-5-12/h2-5,13,16H,6-10H2,1H3,(H,17,19). The van der Waals surface area contributed by atoms with Crippen LogP contribution in [0.25, 0.3) is 0 Å². The van der Waals surface area contributed by atoms with Crippen LogP contribution in [0, 0.1) is 5.82 Å². The Morgan fingerprint density at radius 1 is 1.45 bits per heavy atom. The van der Waals surface area contributed by atoms with Crippen molar-refractivity contribution in [2.24, 2.45) is 0 Å². The highest BCUT2D eigenvalue weighted by Gasteiger charge is 2.17. The predicted octanol–water partition coefficient (Wildman–Crippen LogP) is 0.684. The van der Waals surface area contributed by atoms with E-state index in [0.717, 1.165) is 19.7 Å². The number of rotatable bonds is 5. The average molecular weight is 281 g/mol. The Hall–Kier alpha value is -1.50. The SMILES string of the molecule is CN1CCOC(CNCC(=O)Nc2ccc(F)cc2)C1. The van der Waals surface area contributed by atoms with Gasteiger partial charge in [0.1, 0.15) is 5.82 Å². The van der Waals surface area contributed by atoms with Gasteiger partial charge in [-0.25, -0.2) is 4.39 Å². The maximum absolute atomic E-state index is 12.7. The molecule has 0 radical (unpaired) electrons. The van der Waals surface area contributed by atoms with E-state index in [1.54, 1.807) is 0 Å². The van der Waals surface area contributed by atoms with Gasteiger partial charge in [0, 0.05) is 25.3 Å². The molecule has 5 nitrogen and oxygen atoms in total. The Balaban J connectivity index is 1.66. The normalized spacial score (nSPS) is 19.8. The van der Waals surface area contributed by atoms with Crippen molar-refractivity contribution in [3.8, 4) is 0 Å². The molecule has 20 heavy (non-hydrogen) atoms. The summed E-state index contributed by atoms with van der Waals surface area (Å²) in [5.41, 5.74) is 0.590. The van der Waals surface area contributed by atoms with Crippen molar-refractivity contribution in [2.75, 3.05) is 45.2 Å². The number of hydrogen-bond acceptors (Lipinski definition) is 4. The summed E-state index contributed by atoms with van der Waals surface area (Å²) in [6.45, 7) is 3.39. The van der Waals surface area contributed by atoms with Crippen LogP contribution in [0.4, 0.5) is 10.1 Å². The molecular weight excluding hydrogens is 261 g/mol. The van der Waals surface area contributed by atoms with Gasteiger partial charge in [0.2, 0.25) is 5.91 Å². The fourth-order valence-electron chi connectivity index (χ4n) is 2.08. The Kier molecular flexibility index (Phi) is 5.46. The van der Waals surface area contributed by atoms with Gasteiger partial charge in [-0.2, -0.15) is 0 Å². The number of morpholine rings is 1. The molecule has 1 atom stereocenters. The van der Waals surface area contributed by atoms with Crippen molar-refractivity contribution in [1.82, 2.24) is 10.2 Å². The molecule has 2 N–H and O–H groups in total. The first-order valence-electron chi connectivity index (χ1n) is 6.70. The fourth-order valence-corrected chi connectivity index (χ4v) is 2.08. The fraction of sp³-hybridized carbons (Fsp3) is 0.500. The number of ether oxygens (including phenoxy) is 1. The average Bonchev–Trinajstić information content (AvgIpc) is 2.41. The second-order valence-corrected chi connectivity index (χ2v) is 4.94. The highest BCUT2D eigenvalue weighted by atomic mass is 19.1. The number of nitrogens with one attached hydrogen (secondary N) is 2. The van der Waals surface area contributed by atoms with Crippen LogP contribution in [0.2, 0.25) is 0 Å². The zero-order chi connectivity index (χ0) is 14.4. The number of carbonyl (C=O) groups excluding carboxylic acids is 1. The maximum atomic E-state index is 12.7. The van der Waals surface area contributed by atoms with E-state index in [9.17, 15) is 9.18 Å². The van der Waals surface area contributed by atoms with Crippen LogP contribution in [0.1, 0.15) is 0 Å². The molecule has 0 aromatic heterocycles. The molecule has 0 bridgehead atoms. The molecule has 0 spiro atoms. The van der Waals surface area contributed by atoms with Crippen LogP contribution < -0.4 is 10.6 Å². The van der Waals surface area contributed by atoms with Gasteiger partial charge in [0.25, 0.3) is 0 Å². The first-order valence-corrected chi connectivity index (χ1v) is 6.70. The molecule has 1 amide bonds. The second kappa shape index (κ2) is 7.33. The first kappa shape index (κ1) is 14.9. The van der Waals surface area contributed by atoms with Crippen LogP contribution in [-0.2, 0) is 9.53 Å². The number of halogens is 1. The molecule has 1 aliphatic rings. The minimum absolute atomic E-state index is 0.118. The van der Waals surface area contributed by atoms with Gasteiger partial charge in [-0.1, -0.05) is 0 Å². The third-order valence-corrected chi connectivity index (χ3v) is 3.13. The zero-order valence-corrected chi connectivity index (χ0v) is 11.6. The summed E-state index contributed by atoms with van der Waals surface area (Å²) in [4.78, 5) is 13.9. The number of anilines is 1. The highest BCUT2D eigenvalue weighted by Crippen LogP contribution is 2.07. The molecule has 1 aromatic rings. The van der Waals surface area contributed by atoms with Gasteiger partial charge < -0.3 is 20.3 Å². The van der Waals surface area contributed by atoms with Crippen molar-refractivity contribution in [2.45, 2.75) is 6.10 Å². The van der Waals surface area contributed by atoms with Crippen molar-refractivity contribution >= 4 is 11.6 Å². The molecule has 2 rings (SSSR count). The van der Waals surface area contributed by atoms with Crippen LogP contribution in [0.15, 0.2) is 24.3 Å². The quantitative estimate of drug-likeness (QED) is 0.833. The van der Waals surface area contributed by atoms with Crippen molar-refractivity contribution in [1.29, 1.82) is 0 Å². The molecule has 110 valence electrons. The van der Waals surface area contributed by atoms with Gasteiger partial charge in [0.15, 0.2) is 0 Å². The largest absolute Gasteiger partial charge is 0.374 e. The minimum Gasteiger partial charge on any atom is -0.374 e. The Labute approximate surface area is 118 Å². The predicted molar refractivity (Wildman–Crippen MR) is 75.1 cm³/mol. The summed E-state index contributed by atoms with van der Waals surface area (Å²) < 4.78 is 18.3. The number of amides is 1. The van der Waals surface area contributed by atoms with E-state index in [4.69, 9.17) is 4.74 Å². The summed E-state index contributed by atoms with van der Waals surface area (Å²) in [7, 11) is 2.05. The lowest BCUT2D eigenvalue weighted by molar-refractivity contribution is -0.115. The van der Waals surface area contributed by atoms with E-state index in [1.807, 2.05) is 0 Å². The number of carbonyl (C=O) groups is 1.